The van der Waals surface area contributed by atoms with Crippen LogP contribution >= 0.6 is 34.8 Å². The molecule has 0 aliphatic carbocycles. The number of nitrogens with zero attached hydrogens (tertiary/aromatic N) is 1. The Bertz CT molecular complexity index is 946. The molecule has 1 saturated heterocycles. The fourth-order valence-electron chi connectivity index (χ4n) is 3.01. The second-order valence-corrected chi connectivity index (χ2v) is 9.74. The number of hydrogen-bond donors (Lipinski definition) is 0. The van der Waals surface area contributed by atoms with Crippen LogP contribution in [0.5, 0.6) is 0 Å². The number of amides is 1. The fourth-order valence-corrected chi connectivity index (χ4v) is 5.40. The van der Waals surface area contributed by atoms with Crippen LogP contribution < -0.4 is 0 Å². The van der Waals surface area contributed by atoms with Crippen LogP contribution in [0.25, 0.3) is 0 Å². The largest absolute Gasteiger partial charge is 0.330 e. The zero-order chi connectivity index (χ0) is 18.9. The minimum Gasteiger partial charge on any atom is -0.330 e. The van der Waals surface area contributed by atoms with Gasteiger partial charge in [-0.1, -0.05) is 46.9 Å². The van der Waals surface area contributed by atoms with E-state index < -0.39 is 15.9 Å². The topological polar surface area (TPSA) is 54.5 Å². The smallest absolute Gasteiger partial charge is 0.254 e. The highest BCUT2D eigenvalue weighted by atomic mass is 35.5. The van der Waals surface area contributed by atoms with E-state index in [9.17, 15) is 13.2 Å². The minimum atomic E-state index is -3.15. The molecule has 1 amide bonds. The molecule has 26 heavy (non-hydrogen) atoms. The molecule has 1 atom stereocenters. The molecule has 4 nitrogen and oxygen atoms in total. The SMILES string of the molecule is O=C(c1cccc(Cl)c1)N(Cc1ccc(Cl)cc1Cl)C1CCS(=O)(=O)C1. The van der Waals surface area contributed by atoms with Crippen LogP contribution in [-0.4, -0.2) is 36.8 Å². The third-order valence-electron chi connectivity index (χ3n) is 4.34. The average Bonchev–Trinajstić information content (AvgIpc) is 2.93. The first-order valence-electron chi connectivity index (χ1n) is 7.96. The summed E-state index contributed by atoms with van der Waals surface area (Å²) in [6.45, 7) is 0.196. The highest BCUT2D eigenvalue weighted by molar-refractivity contribution is 7.91. The third-order valence-corrected chi connectivity index (χ3v) is 6.91. The summed E-state index contributed by atoms with van der Waals surface area (Å²) < 4.78 is 23.8. The van der Waals surface area contributed by atoms with Gasteiger partial charge in [0.2, 0.25) is 0 Å². The standard InChI is InChI=1S/C18H16Cl3NO3S/c19-14-3-1-2-12(8-14)18(23)22(16-6-7-26(24,25)11-16)10-13-4-5-15(20)9-17(13)21/h1-5,8-9,16H,6-7,10-11H2. The molecule has 2 aromatic carbocycles. The Morgan fingerprint density at radius 3 is 2.42 bits per heavy atom. The van der Waals surface area contributed by atoms with Crippen molar-refractivity contribution >= 4 is 50.5 Å². The molecule has 0 N–H and O–H groups in total. The lowest BCUT2D eigenvalue weighted by molar-refractivity contribution is 0.0681. The van der Waals surface area contributed by atoms with Gasteiger partial charge >= 0.3 is 0 Å². The zero-order valence-corrected chi connectivity index (χ0v) is 16.7. The van der Waals surface area contributed by atoms with Crippen molar-refractivity contribution in [2.75, 3.05) is 11.5 Å². The summed E-state index contributed by atoms with van der Waals surface area (Å²) in [6.07, 6.45) is 0.403. The van der Waals surface area contributed by atoms with Crippen LogP contribution in [-0.2, 0) is 16.4 Å². The average molecular weight is 433 g/mol. The monoisotopic (exact) mass is 431 g/mol. The van der Waals surface area contributed by atoms with E-state index in [1.54, 1.807) is 47.4 Å². The van der Waals surface area contributed by atoms with Gasteiger partial charge in [-0.2, -0.15) is 0 Å². The Morgan fingerprint density at radius 1 is 1.08 bits per heavy atom. The number of carbonyl (C=O) groups excluding carboxylic acids is 1. The number of sulfone groups is 1. The van der Waals surface area contributed by atoms with Crippen molar-refractivity contribution in [2.24, 2.45) is 0 Å². The molecule has 0 saturated carbocycles. The third kappa shape index (κ3) is 4.52. The number of hydrogen-bond acceptors (Lipinski definition) is 3. The molecule has 0 aromatic heterocycles. The van der Waals surface area contributed by atoms with Crippen molar-refractivity contribution in [2.45, 2.75) is 19.0 Å². The molecule has 138 valence electrons. The van der Waals surface area contributed by atoms with Crippen LogP contribution in [0.4, 0.5) is 0 Å². The van der Waals surface area contributed by atoms with Crippen molar-refractivity contribution in [3.8, 4) is 0 Å². The predicted octanol–water partition coefficient (Wildman–Crippen LogP) is 4.48. The van der Waals surface area contributed by atoms with E-state index in [2.05, 4.69) is 0 Å². The molecule has 0 radical (unpaired) electrons. The molecule has 3 rings (SSSR count). The van der Waals surface area contributed by atoms with Gasteiger partial charge in [0.25, 0.3) is 5.91 Å². The molecule has 8 heteroatoms. The highest BCUT2D eigenvalue weighted by Gasteiger charge is 2.35. The fraction of sp³-hybridized carbons (Fsp3) is 0.278. The molecule has 2 aromatic rings. The van der Waals surface area contributed by atoms with E-state index in [-0.39, 0.29) is 24.0 Å². The summed E-state index contributed by atoms with van der Waals surface area (Å²) in [5.41, 5.74) is 1.11. The van der Waals surface area contributed by atoms with E-state index in [1.165, 1.54) is 0 Å². The minimum absolute atomic E-state index is 0.0511. The molecule has 1 unspecified atom stereocenters. The van der Waals surface area contributed by atoms with Crippen LogP contribution in [0.1, 0.15) is 22.3 Å². The molecular formula is C18H16Cl3NO3S. The van der Waals surface area contributed by atoms with Gasteiger partial charge in [0.15, 0.2) is 9.84 Å². The molecular weight excluding hydrogens is 417 g/mol. The molecule has 0 spiro atoms. The van der Waals surface area contributed by atoms with Gasteiger partial charge in [-0.05, 0) is 42.3 Å². The molecule has 1 aliphatic heterocycles. The van der Waals surface area contributed by atoms with E-state index in [1.807, 2.05) is 0 Å². The second kappa shape index (κ2) is 7.77. The maximum atomic E-state index is 13.1. The van der Waals surface area contributed by atoms with Crippen molar-refractivity contribution in [1.29, 1.82) is 0 Å². The van der Waals surface area contributed by atoms with Gasteiger partial charge in [0.1, 0.15) is 0 Å². The second-order valence-electron chi connectivity index (χ2n) is 6.24. The van der Waals surface area contributed by atoms with E-state index in [0.29, 0.717) is 32.6 Å². The predicted molar refractivity (Wildman–Crippen MR) is 105 cm³/mol. The van der Waals surface area contributed by atoms with E-state index in [4.69, 9.17) is 34.8 Å². The van der Waals surface area contributed by atoms with Crippen LogP contribution in [0.3, 0.4) is 0 Å². The Morgan fingerprint density at radius 2 is 1.81 bits per heavy atom. The lowest BCUT2D eigenvalue weighted by atomic mass is 10.1. The number of halogens is 3. The Kier molecular flexibility index (Phi) is 5.82. The van der Waals surface area contributed by atoms with E-state index >= 15 is 0 Å². The normalized spacial score (nSPS) is 18.7. The summed E-state index contributed by atoms with van der Waals surface area (Å²) in [4.78, 5) is 14.6. The van der Waals surface area contributed by atoms with Crippen molar-refractivity contribution in [3.05, 3.63) is 68.7 Å². The van der Waals surface area contributed by atoms with Gasteiger partial charge < -0.3 is 4.90 Å². The van der Waals surface area contributed by atoms with E-state index in [0.717, 1.165) is 0 Å². The van der Waals surface area contributed by atoms with Crippen molar-refractivity contribution in [1.82, 2.24) is 4.90 Å². The summed E-state index contributed by atoms with van der Waals surface area (Å²) in [7, 11) is -3.15. The van der Waals surface area contributed by atoms with Crippen LogP contribution in [0.15, 0.2) is 42.5 Å². The molecule has 0 bridgehead atoms. The van der Waals surface area contributed by atoms with Gasteiger partial charge in [0, 0.05) is 33.2 Å². The summed E-state index contributed by atoms with van der Waals surface area (Å²) in [6, 6.07) is 11.2. The highest BCUT2D eigenvalue weighted by Crippen LogP contribution is 2.27. The maximum absolute atomic E-state index is 13.1. The lowest BCUT2D eigenvalue weighted by Gasteiger charge is -2.29. The first kappa shape index (κ1) is 19.5. The van der Waals surface area contributed by atoms with Gasteiger partial charge in [-0.15, -0.1) is 0 Å². The van der Waals surface area contributed by atoms with Crippen molar-refractivity contribution < 1.29 is 13.2 Å². The Balaban J connectivity index is 1.95. The number of carbonyl (C=O) groups is 1. The summed E-state index contributed by atoms with van der Waals surface area (Å²) >= 11 is 18.2. The lowest BCUT2D eigenvalue weighted by Crippen LogP contribution is -2.40. The quantitative estimate of drug-likeness (QED) is 0.716. The molecule has 1 aliphatic rings. The summed E-state index contributed by atoms with van der Waals surface area (Å²) in [5, 5.41) is 1.37. The van der Waals surface area contributed by atoms with Crippen LogP contribution in [0.2, 0.25) is 15.1 Å². The summed E-state index contributed by atoms with van der Waals surface area (Å²) in [5.74, 6) is -0.254. The molecule has 1 heterocycles. The Labute approximate surface area is 167 Å². The van der Waals surface area contributed by atoms with Gasteiger partial charge in [-0.25, -0.2) is 8.42 Å². The van der Waals surface area contributed by atoms with Gasteiger partial charge in [0.05, 0.1) is 11.5 Å². The van der Waals surface area contributed by atoms with Gasteiger partial charge in [-0.3, -0.25) is 4.79 Å². The van der Waals surface area contributed by atoms with Crippen molar-refractivity contribution in [3.63, 3.8) is 0 Å². The zero-order valence-electron chi connectivity index (χ0n) is 13.7. The molecule has 1 fully saturated rings. The first-order valence-corrected chi connectivity index (χ1v) is 10.9. The number of rotatable bonds is 4. The Hall–Kier alpha value is -1.27. The number of benzene rings is 2. The maximum Gasteiger partial charge on any atom is 0.254 e. The first-order chi connectivity index (χ1) is 12.2. The van der Waals surface area contributed by atoms with Crippen LogP contribution in [0, 0.1) is 0 Å².